The number of benzene rings is 1. The molecular weight excluding hydrogens is 243 g/mol. The average molecular weight is 261 g/mol. The first-order chi connectivity index (χ1) is 7.36. The summed E-state index contributed by atoms with van der Waals surface area (Å²) in [7, 11) is 0. The van der Waals surface area contributed by atoms with Crippen molar-refractivity contribution in [1.82, 2.24) is 0 Å². The van der Waals surface area contributed by atoms with Crippen molar-refractivity contribution in [2.24, 2.45) is 11.1 Å². The summed E-state index contributed by atoms with van der Waals surface area (Å²) in [6, 6.07) is 4.60. The molecule has 0 saturated carbocycles. The van der Waals surface area contributed by atoms with Gasteiger partial charge in [-0.3, -0.25) is 4.79 Å². The Morgan fingerprint density at radius 2 is 2.06 bits per heavy atom. The molecule has 0 aliphatic rings. The predicted octanol–water partition coefficient (Wildman–Crippen LogP) is 2.48. The van der Waals surface area contributed by atoms with Gasteiger partial charge in [-0.1, -0.05) is 6.07 Å². The number of hydrogen-bond acceptors (Lipinski definition) is 2. The Labute approximate surface area is 107 Å². The van der Waals surface area contributed by atoms with Crippen molar-refractivity contribution < 1.29 is 9.18 Å². The minimum Gasteiger partial charge on any atom is -0.329 e. The fourth-order valence-electron chi connectivity index (χ4n) is 1.06. The second-order valence-electron chi connectivity index (χ2n) is 4.51. The maximum absolute atomic E-state index is 13.2. The van der Waals surface area contributed by atoms with Crippen molar-refractivity contribution in [3.05, 3.63) is 29.6 Å². The number of nitrogens with two attached hydrogens (primary N) is 1. The van der Waals surface area contributed by atoms with Crippen LogP contribution in [0, 0.1) is 18.2 Å². The zero-order valence-electron chi connectivity index (χ0n) is 10.2. The summed E-state index contributed by atoms with van der Waals surface area (Å²) in [5.74, 6) is -0.540. The Morgan fingerprint density at radius 3 is 2.53 bits per heavy atom. The molecule has 1 amide bonds. The molecule has 0 radical (unpaired) electrons. The lowest BCUT2D eigenvalue weighted by Gasteiger charge is -2.21. The van der Waals surface area contributed by atoms with E-state index in [1.807, 2.05) is 0 Å². The molecule has 5 heteroatoms. The molecule has 96 valence electrons. The number of carbonyl (C=O) groups is 1. The monoisotopic (exact) mass is 260 g/mol. The van der Waals surface area contributed by atoms with Gasteiger partial charge in [0.15, 0.2) is 0 Å². The van der Waals surface area contributed by atoms with E-state index in [1.165, 1.54) is 6.07 Å². The number of rotatable bonds is 3. The minimum absolute atomic E-state index is 0. The highest BCUT2D eigenvalue weighted by molar-refractivity contribution is 5.94. The van der Waals surface area contributed by atoms with Gasteiger partial charge in [-0.25, -0.2) is 4.39 Å². The summed E-state index contributed by atoms with van der Waals surface area (Å²) in [5, 5.41) is 2.64. The molecule has 0 saturated heterocycles. The van der Waals surface area contributed by atoms with E-state index in [9.17, 15) is 9.18 Å². The normalized spacial score (nSPS) is 10.6. The molecular formula is C12H18ClFN2O. The van der Waals surface area contributed by atoms with Crippen LogP contribution in [0.4, 0.5) is 10.1 Å². The topological polar surface area (TPSA) is 55.1 Å². The van der Waals surface area contributed by atoms with Crippen molar-refractivity contribution in [1.29, 1.82) is 0 Å². The maximum Gasteiger partial charge on any atom is 0.231 e. The lowest BCUT2D eigenvalue weighted by atomic mass is 9.92. The van der Waals surface area contributed by atoms with E-state index in [1.54, 1.807) is 32.9 Å². The van der Waals surface area contributed by atoms with E-state index in [0.717, 1.165) is 0 Å². The Hall–Kier alpha value is -1.13. The zero-order valence-corrected chi connectivity index (χ0v) is 11.0. The van der Waals surface area contributed by atoms with Crippen molar-refractivity contribution in [3.63, 3.8) is 0 Å². The molecule has 3 nitrogen and oxygen atoms in total. The van der Waals surface area contributed by atoms with E-state index >= 15 is 0 Å². The van der Waals surface area contributed by atoms with E-state index < -0.39 is 5.41 Å². The Kier molecular flexibility index (Phi) is 5.58. The molecule has 0 aliphatic heterocycles. The number of amides is 1. The highest BCUT2D eigenvalue weighted by Crippen LogP contribution is 2.18. The third kappa shape index (κ3) is 3.98. The van der Waals surface area contributed by atoms with Crippen LogP contribution >= 0.6 is 12.4 Å². The summed E-state index contributed by atoms with van der Waals surface area (Å²) < 4.78 is 13.2. The average Bonchev–Trinajstić information content (AvgIpc) is 2.23. The highest BCUT2D eigenvalue weighted by atomic mass is 35.5. The van der Waals surface area contributed by atoms with Crippen LogP contribution in [0.2, 0.25) is 0 Å². The number of hydrogen-bond donors (Lipinski definition) is 2. The molecule has 0 bridgehead atoms. The molecule has 0 spiro atoms. The SMILES string of the molecule is Cc1ccc(NC(=O)C(C)(C)CN)cc1F.Cl. The van der Waals surface area contributed by atoms with Crippen LogP contribution in [0.25, 0.3) is 0 Å². The van der Waals surface area contributed by atoms with E-state index in [0.29, 0.717) is 11.3 Å². The largest absolute Gasteiger partial charge is 0.329 e. The second-order valence-corrected chi connectivity index (χ2v) is 4.51. The highest BCUT2D eigenvalue weighted by Gasteiger charge is 2.25. The zero-order chi connectivity index (χ0) is 12.3. The number of carbonyl (C=O) groups excluding carboxylic acids is 1. The van der Waals surface area contributed by atoms with Crippen molar-refractivity contribution in [2.45, 2.75) is 20.8 Å². The van der Waals surface area contributed by atoms with Gasteiger partial charge in [0.2, 0.25) is 5.91 Å². The molecule has 0 unspecified atom stereocenters. The van der Waals surface area contributed by atoms with Crippen molar-refractivity contribution in [2.75, 3.05) is 11.9 Å². The van der Waals surface area contributed by atoms with Gasteiger partial charge in [-0.2, -0.15) is 0 Å². The van der Waals surface area contributed by atoms with Crippen LogP contribution in [0.15, 0.2) is 18.2 Å². The van der Waals surface area contributed by atoms with Crippen LogP contribution in [0.1, 0.15) is 19.4 Å². The van der Waals surface area contributed by atoms with Gasteiger partial charge in [-0.05, 0) is 38.5 Å². The molecule has 1 aromatic rings. The summed E-state index contributed by atoms with van der Waals surface area (Å²) in [4.78, 5) is 11.7. The number of aryl methyl sites for hydroxylation is 1. The number of nitrogens with one attached hydrogen (secondary N) is 1. The number of halogens is 2. The second kappa shape index (κ2) is 5.98. The van der Waals surface area contributed by atoms with Crippen molar-refractivity contribution in [3.8, 4) is 0 Å². The van der Waals surface area contributed by atoms with Crippen LogP contribution in [0.3, 0.4) is 0 Å². The Morgan fingerprint density at radius 1 is 1.47 bits per heavy atom. The molecule has 17 heavy (non-hydrogen) atoms. The lowest BCUT2D eigenvalue weighted by Crippen LogP contribution is -2.37. The minimum atomic E-state index is -0.651. The summed E-state index contributed by atoms with van der Waals surface area (Å²) in [6.45, 7) is 5.40. The summed E-state index contributed by atoms with van der Waals surface area (Å²) in [6.07, 6.45) is 0. The van der Waals surface area contributed by atoms with Crippen molar-refractivity contribution >= 4 is 24.0 Å². The Bertz CT molecular complexity index is 407. The van der Waals surface area contributed by atoms with Gasteiger partial charge in [0, 0.05) is 12.2 Å². The first kappa shape index (κ1) is 15.9. The molecule has 0 aliphatic carbocycles. The third-order valence-electron chi connectivity index (χ3n) is 2.55. The molecule has 0 fully saturated rings. The first-order valence-electron chi connectivity index (χ1n) is 5.14. The smallest absolute Gasteiger partial charge is 0.231 e. The van der Waals surface area contributed by atoms with Gasteiger partial charge in [-0.15, -0.1) is 12.4 Å². The van der Waals surface area contributed by atoms with Gasteiger partial charge in [0.1, 0.15) is 5.82 Å². The molecule has 0 atom stereocenters. The third-order valence-corrected chi connectivity index (χ3v) is 2.55. The van der Waals surface area contributed by atoms with Crippen LogP contribution in [0.5, 0.6) is 0 Å². The number of anilines is 1. The molecule has 1 rings (SSSR count). The Balaban J connectivity index is 0.00000256. The van der Waals surface area contributed by atoms with Gasteiger partial charge >= 0.3 is 0 Å². The molecule has 0 aromatic heterocycles. The fourth-order valence-corrected chi connectivity index (χ4v) is 1.06. The predicted molar refractivity (Wildman–Crippen MR) is 69.9 cm³/mol. The standard InChI is InChI=1S/C12H17FN2O.ClH/c1-8-4-5-9(6-10(8)13)15-11(16)12(2,3)7-14;/h4-6H,7,14H2,1-3H3,(H,15,16);1H. The summed E-state index contributed by atoms with van der Waals surface area (Å²) in [5.41, 5.74) is 5.83. The quantitative estimate of drug-likeness (QED) is 0.877. The van der Waals surface area contributed by atoms with Crippen LogP contribution in [-0.4, -0.2) is 12.5 Å². The molecule has 3 N–H and O–H groups in total. The first-order valence-corrected chi connectivity index (χ1v) is 5.14. The van der Waals surface area contributed by atoms with Crippen LogP contribution in [-0.2, 0) is 4.79 Å². The lowest BCUT2D eigenvalue weighted by molar-refractivity contribution is -0.123. The van der Waals surface area contributed by atoms with E-state index in [-0.39, 0.29) is 30.7 Å². The summed E-state index contributed by atoms with van der Waals surface area (Å²) >= 11 is 0. The van der Waals surface area contributed by atoms with E-state index in [4.69, 9.17) is 5.73 Å². The van der Waals surface area contributed by atoms with Crippen LogP contribution < -0.4 is 11.1 Å². The molecule has 0 heterocycles. The van der Waals surface area contributed by atoms with Gasteiger partial charge in [0.05, 0.1) is 5.41 Å². The molecule has 1 aromatic carbocycles. The van der Waals surface area contributed by atoms with Gasteiger partial charge in [0.25, 0.3) is 0 Å². The maximum atomic E-state index is 13.2. The van der Waals surface area contributed by atoms with E-state index in [2.05, 4.69) is 5.32 Å². The fraction of sp³-hybridized carbons (Fsp3) is 0.417. The van der Waals surface area contributed by atoms with Gasteiger partial charge < -0.3 is 11.1 Å².